The van der Waals surface area contributed by atoms with Crippen LogP contribution in [0.15, 0.2) is 511 Å². The van der Waals surface area contributed by atoms with Crippen LogP contribution in [0.4, 0.5) is 56.9 Å². The first-order valence-electron chi connectivity index (χ1n) is 48.2. The molecule has 0 unspecified atom stereocenters. The lowest BCUT2D eigenvalue weighted by Crippen LogP contribution is -2.20. The van der Waals surface area contributed by atoms with Crippen LogP contribution in [0.25, 0.3) is 0 Å². The Morgan fingerprint density at radius 2 is 0.327 bits per heavy atom. The van der Waals surface area contributed by atoms with Crippen LogP contribution >= 0.6 is 104 Å². The molecule has 5 aliphatic heterocycles. The maximum absolute atomic E-state index is 12.6. The summed E-state index contributed by atoms with van der Waals surface area (Å²) in [7, 11) is 0. The molecule has 10 heterocycles. The van der Waals surface area contributed by atoms with Gasteiger partial charge in [-0.25, -0.2) is 0 Å². The van der Waals surface area contributed by atoms with E-state index in [0.29, 0.717) is 87.7 Å². The van der Waals surface area contributed by atoms with E-state index in [-0.39, 0.29) is 85.7 Å². The summed E-state index contributed by atoms with van der Waals surface area (Å²) >= 11 is 14.1. The van der Waals surface area contributed by atoms with Crippen LogP contribution in [-0.2, 0) is 0 Å². The SMILES string of the molecule is O=C1C(=CC2=CC=C(N3c4ccccc4Oc4ccccc43)C2)C(=O)c2cscc21.O=C1C(=CC2=CC=C(N3c4ccccc4Sc4ccccc43)C2)C(=O)c2cscc21.O=C1C(=CC2=CC=C(N3c4ccccc4Sc4ccccc43)C2)C(=O)c2cscc21.O=C1C(=CC2=CC=C(N3c4ccccc4Sc4ccccc43)C2)C(=O)c2cscc21.O=C1C(=CC2=CC=C(N3c4ccccc4Sc4ccccc43)C2)C(=O)c2cscc21. The fourth-order valence-electron chi connectivity index (χ4n) is 20.8. The minimum Gasteiger partial charge on any atom is -0.453 e. The number of ketones is 10. The van der Waals surface area contributed by atoms with Crippen LogP contribution in [-0.4, -0.2) is 57.8 Å². The molecular weight excluding hydrogens is 2040 g/mol. The van der Waals surface area contributed by atoms with Crippen molar-refractivity contribution in [3.05, 3.63) is 527 Å². The molecule has 16 nitrogen and oxygen atoms in total. The van der Waals surface area contributed by atoms with Crippen LogP contribution in [0.1, 0.15) is 136 Å². The first kappa shape index (κ1) is 93.5. The number of carbonyl (C=O) groups is 10. The maximum atomic E-state index is 12.6. The number of thiophene rings is 5. The second-order valence-electron chi connectivity index (χ2n) is 36.8. The Morgan fingerprint density at radius 1 is 0.180 bits per heavy atom. The molecule has 0 spiro atoms. The number of anilines is 10. The van der Waals surface area contributed by atoms with Gasteiger partial charge < -0.3 is 29.2 Å². The number of Topliss-reactive ketones (excluding diaryl/α,β-unsaturated/α-hetero) is 10. The molecule has 720 valence electrons. The molecule has 150 heavy (non-hydrogen) atoms. The van der Waals surface area contributed by atoms with Crippen molar-refractivity contribution in [3.8, 4) is 11.5 Å². The largest absolute Gasteiger partial charge is 0.453 e. The third-order valence-corrected chi connectivity index (χ3v) is 36.1. The van der Waals surface area contributed by atoms with Crippen molar-refractivity contribution in [1.82, 2.24) is 0 Å². The Morgan fingerprint density at radius 3 is 0.500 bits per heavy atom. The van der Waals surface area contributed by atoms with Crippen LogP contribution in [0.2, 0.25) is 0 Å². The quantitative estimate of drug-likeness (QED) is 0.0925. The summed E-state index contributed by atoms with van der Waals surface area (Å²) in [4.78, 5) is 147. The molecule has 10 aromatic carbocycles. The van der Waals surface area contributed by atoms with Crippen LogP contribution in [0, 0.1) is 0 Å². The minimum absolute atomic E-state index is 0.157. The molecule has 10 aliphatic carbocycles. The number of benzene rings is 10. The van der Waals surface area contributed by atoms with E-state index in [1.54, 1.807) is 131 Å². The fourth-order valence-corrected chi connectivity index (χ4v) is 29.1. The van der Waals surface area contributed by atoms with E-state index in [9.17, 15) is 47.9 Å². The van der Waals surface area contributed by atoms with Gasteiger partial charge in [0.15, 0.2) is 69.3 Å². The van der Waals surface area contributed by atoms with Gasteiger partial charge in [-0.15, -0.1) is 0 Å². The second kappa shape index (κ2) is 38.8. The molecular formula is C125H75N5O11S9. The van der Waals surface area contributed by atoms with E-state index < -0.39 is 0 Å². The van der Waals surface area contributed by atoms with Gasteiger partial charge in [0.05, 0.1) is 84.7 Å². The van der Waals surface area contributed by atoms with Crippen LogP contribution in [0.5, 0.6) is 11.5 Å². The summed E-state index contributed by atoms with van der Waals surface area (Å²) in [5.74, 6) is -0.000794. The second-order valence-corrected chi connectivity index (χ2v) is 44.9. The number of nitrogens with zero attached hydrogens (tertiary/aromatic N) is 5. The van der Waals surface area contributed by atoms with Crippen molar-refractivity contribution >= 4 is 218 Å². The Hall–Kier alpha value is -16.3. The van der Waals surface area contributed by atoms with E-state index in [4.69, 9.17) is 4.74 Å². The standard InChI is InChI=1S/C25H15NO3S.4C25H15NO2S2/c27-24-17(25(28)19-14-30-13-18(19)24)12-15-9-10-16(11-15)26-20-5-1-3-7-22(20)29-23-8-4-2-6-21(23)26;4*27-24-17(25(28)19-14-29-13-18(19)24)12-15-9-10-16(11-15)26-20-5-1-3-7-22(20)30-23-8-4-2-6-21(23)26/h5*1-10,12-14H,11H2. The van der Waals surface area contributed by atoms with Gasteiger partial charge in [0.1, 0.15) is 0 Å². The Bertz CT molecular complexity index is 7530. The van der Waals surface area contributed by atoms with E-state index in [1.807, 2.05) is 85.0 Å². The monoisotopic (exact) mass is 2110 g/mol. The molecule has 0 atom stereocenters. The minimum atomic E-state index is -0.173. The number of para-hydroxylation sites is 12. The molecule has 0 amide bonds. The zero-order valence-corrected chi connectivity index (χ0v) is 86.3. The van der Waals surface area contributed by atoms with Crippen molar-refractivity contribution in [1.29, 1.82) is 0 Å². The zero-order valence-electron chi connectivity index (χ0n) is 79.0. The number of fused-ring (bicyclic) bond motifs is 15. The molecule has 0 saturated heterocycles. The van der Waals surface area contributed by atoms with Crippen LogP contribution in [0.3, 0.4) is 0 Å². The molecule has 0 fully saturated rings. The third-order valence-electron chi connectivity index (χ3n) is 27.8. The predicted octanol–water partition coefficient (Wildman–Crippen LogP) is 32.5. The summed E-state index contributed by atoms with van der Waals surface area (Å²) < 4.78 is 6.07. The topological polar surface area (TPSA) is 196 Å². The number of hydrogen-bond acceptors (Lipinski definition) is 25. The Labute approximate surface area is 897 Å². The van der Waals surface area contributed by atoms with Gasteiger partial charge in [-0.05, 0) is 210 Å². The highest BCUT2D eigenvalue weighted by molar-refractivity contribution is 8.00. The first-order valence-corrected chi connectivity index (χ1v) is 56.2. The van der Waals surface area contributed by atoms with Gasteiger partial charge in [0.25, 0.3) is 0 Å². The van der Waals surface area contributed by atoms with Gasteiger partial charge in [-0.3, -0.25) is 47.9 Å². The normalized spacial score (nSPS) is 16.7. The number of rotatable bonds is 10. The lowest BCUT2D eigenvalue weighted by Gasteiger charge is -2.33. The molecule has 0 N–H and O–H groups in total. The summed E-state index contributed by atoms with van der Waals surface area (Å²) in [6.07, 6.45) is 32.6. The highest BCUT2D eigenvalue weighted by atomic mass is 32.2. The lowest BCUT2D eigenvalue weighted by atomic mass is 10.1. The van der Waals surface area contributed by atoms with Gasteiger partial charge in [0.2, 0.25) is 0 Å². The number of hydrogen-bond donors (Lipinski definition) is 0. The first-order chi connectivity index (χ1) is 73.5. The van der Waals surface area contributed by atoms with Gasteiger partial charge in [0, 0.05) is 209 Å². The maximum Gasteiger partial charge on any atom is 0.198 e. The highest BCUT2D eigenvalue weighted by Gasteiger charge is 2.43. The molecule has 0 radical (unpaired) electrons. The van der Waals surface area contributed by atoms with Crippen molar-refractivity contribution in [3.63, 3.8) is 0 Å². The molecule has 15 aliphatic rings. The third kappa shape index (κ3) is 16.5. The average molecular weight is 2110 g/mol. The van der Waals surface area contributed by atoms with Crippen molar-refractivity contribution in [2.24, 2.45) is 0 Å². The van der Waals surface area contributed by atoms with Crippen LogP contribution < -0.4 is 29.2 Å². The van der Waals surface area contributed by atoms with E-state index in [0.717, 1.165) is 125 Å². The number of ether oxygens (including phenoxy) is 1. The summed E-state index contributed by atoms with van der Waals surface area (Å²) in [5.41, 5.74) is 28.4. The smallest absolute Gasteiger partial charge is 0.198 e. The number of allylic oxidation sites excluding steroid dienone is 25. The predicted molar refractivity (Wildman–Crippen MR) is 601 cm³/mol. The highest BCUT2D eigenvalue weighted by Crippen LogP contribution is 2.58. The molecule has 30 rings (SSSR count). The van der Waals surface area contributed by atoms with Gasteiger partial charge in [-0.2, -0.15) is 56.7 Å². The molecule has 0 saturated carbocycles. The van der Waals surface area contributed by atoms with E-state index in [1.165, 1.54) is 95.8 Å². The van der Waals surface area contributed by atoms with Crippen molar-refractivity contribution in [2.75, 3.05) is 24.5 Å². The Balaban J connectivity index is 0.0000000945. The van der Waals surface area contributed by atoms with E-state index >= 15 is 0 Å². The average Bonchev–Trinajstić information content (AvgIpc) is 1.71. The Kier molecular flexibility index (Phi) is 24.2. The molecule has 5 aromatic heterocycles. The zero-order chi connectivity index (χ0) is 101. The molecule has 15 aromatic rings. The molecule has 25 heteroatoms. The fraction of sp³-hybridized carbons (Fsp3) is 0.0400. The van der Waals surface area contributed by atoms with E-state index in [2.05, 4.69) is 243 Å². The summed E-state index contributed by atoms with van der Waals surface area (Å²) in [6, 6.07) is 83.0. The summed E-state index contributed by atoms with van der Waals surface area (Å²) in [5, 5.41) is 17.6. The van der Waals surface area contributed by atoms with Gasteiger partial charge in [-0.1, -0.05) is 199 Å². The van der Waals surface area contributed by atoms with Crippen molar-refractivity contribution < 1.29 is 52.7 Å². The van der Waals surface area contributed by atoms with Crippen molar-refractivity contribution in [2.45, 2.75) is 71.3 Å². The number of carbonyl (C=O) groups excluding carboxylic acids is 10. The lowest BCUT2D eigenvalue weighted by molar-refractivity contribution is 0.0973. The van der Waals surface area contributed by atoms with Gasteiger partial charge >= 0.3 is 0 Å². The summed E-state index contributed by atoms with van der Waals surface area (Å²) in [6.45, 7) is 0. The molecule has 0 bridgehead atoms.